The van der Waals surface area contributed by atoms with Gasteiger partial charge in [-0.2, -0.15) is 0 Å². The van der Waals surface area contributed by atoms with Gasteiger partial charge in [0.15, 0.2) is 5.69 Å². The largest absolute Gasteiger partial charge is 0.465 e. The van der Waals surface area contributed by atoms with Crippen molar-refractivity contribution in [2.24, 2.45) is 0 Å². The third kappa shape index (κ3) is 1.75. The molecule has 19 heavy (non-hydrogen) atoms. The van der Waals surface area contributed by atoms with Crippen molar-refractivity contribution < 1.29 is 19.4 Å². The lowest BCUT2D eigenvalue weighted by molar-refractivity contribution is -0.0395. The fraction of sp³-hybridized carbons (Fsp3) is 0.462. The van der Waals surface area contributed by atoms with Crippen molar-refractivity contribution >= 4 is 12.1 Å². The number of nitrogens with zero attached hydrogens (tertiary/aromatic N) is 2. The predicted octanol–water partition coefficient (Wildman–Crippen LogP) is 1.53. The number of esters is 1. The van der Waals surface area contributed by atoms with E-state index < -0.39 is 17.7 Å². The fourth-order valence-corrected chi connectivity index (χ4v) is 2.79. The number of likely N-dealkylation sites (tertiary alicyclic amines) is 1. The SMILES string of the molecule is Cc1cnc2c(c1)C1(CCN(C(=O)O)CC1)OC2=O. The molecule has 1 aromatic rings. The fourth-order valence-electron chi connectivity index (χ4n) is 2.79. The summed E-state index contributed by atoms with van der Waals surface area (Å²) in [6.07, 6.45) is 1.69. The number of piperidine rings is 1. The van der Waals surface area contributed by atoms with Gasteiger partial charge in [0.05, 0.1) is 0 Å². The Morgan fingerprint density at radius 1 is 1.47 bits per heavy atom. The summed E-state index contributed by atoms with van der Waals surface area (Å²) < 4.78 is 5.52. The van der Waals surface area contributed by atoms with Gasteiger partial charge in [0.2, 0.25) is 0 Å². The standard InChI is InChI=1S/C13H14N2O4/c1-8-6-9-10(14-7-8)11(16)19-13(9)2-4-15(5-3-13)12(17)18/h6-7H,2-5H2,1H3,(H,17,18). The molecule has 0 radical (unpaired) electrons. The van der Waals surface area contributed by atoms with Gasteiger partial charge in [-0.1, -0.05) is 0 Å². The average Bonchev–Trinajstić information content (AvgIpc) is 2.63. The third-order valence-electron chi connectivity index (χ3n) is 3.84. The van der Waals surface area contributed by atoms with Crippen LogP contribution >= 0.6 is 0 Å². The van der Waals surface area contributed by atoms with Crippen LogP contribution in [0.5, 0.6) is 0 Å². The topological polar surface area (TPSA) is 79.7 Å². The van der Waals surface area contributed by atoms with Crippen LogP contribution in [0.3, 0.4) is 0 Å². The molecule has 6 nitrogen and oxygen atoms in total. The summed E-state index contributed by atoms with van der Waals surface area (Å²) in [6.45, 7) is 2.65. The zero-order chi connectivity index (χ0) is 13.6. The molecule has 1 saturated heterocycles. The van der Waals surface area contributed by atoms with Gasteiger partial charge in [0.25, 0.3) is 0 Å². The second-order valence-electron chi connectivity index (χ2n) is 5.06. The third-order valence-corrected chi connectivity index (χ3v) is 3.84. The van der Waals surface area contributed by atoms with Gasteiger partial charge in [-0.25, -0.2) is 14.6 Å². The summed E-state index contributed by atoms with van der Waals surface area (Å²) in [4.78, 5) is 28.3. The van der Waals surface area contributed by atoms with E-state index in [1.807, 2.05) is 13.0 Å². The number of aromatic nitrogens is 1. The molecule has 0 aliphatic carbocycles. The first-order chi connectivity index (χ1) is 9.02. The Hall–Kier alpha value is -2.11. The Bertz CT molecular complexity index is 562. The number of hydrogen-bond acceptors (Lipinski definition) is 4. The second kappa shape index (κ2) is 3.94. The van der Waals surface area contributed by atoms with E-state index in [4.69, 9.17) is 9.84 Å². The minimum atomic E-state index is -0.929. The molecule has 0 unspecified atom stereocenters. The second-order valence-corrected chi connectivity index (χ2v) is 5.06. The number of aryl methyl sites for hydroxylation is 1. The highest BCUT2D eigenvalue weighted by atomic mass is 16.6. The zero-order valence-corrected chi connectivity index (χ0v) is 10.5. The molecule has 1 aromatic heterocycles. The van der Waals surface area contributed by atoms with E-state index >= 15 is 0 Å². The van der Waals surface area contributed by atoms with Crippen molar-refractivity contribution in [3.63, 3.8) is 0 Å². The molecule has 6 heteroatoms. The average molecular weight is 262 g/mol. The highest BCUT2D eigenvalue weighted by Crippen LogP contribution is 2.43. The van der Waals surface area contributed by atoms with E-state index in [0.717, 1.165) is 11.1 Å². The molecule has 1 spiro atoms. The molecule has 0 saturated carbocycles. The van der Waals surface area contributed by atoms with Crippen molar-refractivity contribution in [1.29, 1.82) is 0 Å². The van der Waals surface area contributed by atoms with Crippen LogP contribution in [0.1, 0.15) is 34.5 Å². The number of pyridine rings is 1. The quantitative estimate of drug-likeness (QED) is 0.717. The van der Waals surface area contributed by atoms with Crippen LogP contribution in [-0.4, -0.2) is 40.1 Å². The number of fused-ring (bicyclic) bond motifs is 2. The van der Waals surface area contributed by atoms with Crippen molar-refractivity contribution in [2.75, 3.05) is 13.1 Å². The number of carbonyl (C=O) groups excluding carboxylic acids is 1. The van der Waals surface area contributed by atoms with Crippen LogP contribution in [0.25, 0.3) is 0 Å². The molecule has 1 fully saturated rings. The van der Waals surface area contributed by atoms with Crippen LogP contribution in [0, 0.1) is 6.92 Å². The summed E-state index contributed by atoms with van der Waals surface area (Å²) in [5.74, 6) is -0.404. The minimum Gasteiger partial charge on any atom is -0.465 e. The van der Waals surface area contributed by atoms with Crippen molar-refractivity contribution in [1.82, 2.24) is 9.88 Å². The summed E-state index contributed by atoms with van der Waals surface area (Å²) in [5.41, 5.74) is 1.46. The first kappa shape index (κ1) is 12.0. The summed E-state index contributed by atoms with van der Waals surface area (Å²) in [5, 5.41) is 8.97. The number of hydrogen-bond donors (Lipinski definition) is 1. The molecule has 0 aromatic carbocycles. The number of ether oxygens (including phenoxy) is 1. The van der Waals surface area contributed by atoms with Gasteiger partial charge in [-0.3, -0.25) is 0 Å². The van der Waals surface area contributed by atoms with Crippen LogP contribution in [0.15, 0.2) is 12.3 Å². The number of carbonyl (C=O) groups is 2. The van der Waals surface area contributed by atoms with Crippen LogP contribution in [-0.2, 0) is 10.3 Å². The maximum absolute atomic E-state index is 11.9. The molecule has 100 valence electrons. The van der Waals surface area contributed by atoms with Crippen LogP contribution in [0.2, 0.25) is 0 Å². The number of rotatable bonds is 0. The molecule has 3 rings (SSSR count). The lowest BCUT2D eigenvalue weighted by atomic mass is 9.84. The van der Waals surface area contributed by atoms with Gasteiger partial charge >= 0.3 is 12.1 Å². The highest BCUT2D eigenvalue weighted by molar-refractivity contribution is 5.92. The summed E-state index contributed by atoms with van der Waals surface area (Å²) in [7, 11) is 0. The molecule has 1 amide bonds. The first-order valence-corrected chi connectivity index (χ1v) is 6.20. The smallest absolute Gasteiger partial charge is 0.407 e. The monoisotopic (exact) mass is 262 g/mol. The van der Waals surface area contributed by atoms with E-state index in [9.17, 15) is 9.59 Å². The summed E-state index contributed by atoms with van der Waals surface area (Å²) >= 11 is 0. The molecule has 2 aliphatic heterocycles. The Morgan fingerprint density at radius 3 is 2.79 bits per heavy atom. The lowest BCUT2D eigenvalue weighted by Crippen LogP contribution is -2.44. The molecule has 2 aliphatic rings. The predicted molar refractivity (Wildman–Crippen MR) is 64.9 cm³/mol. The van der Waals surface area contributed by atoms with Crippen molar-refractivity contribution in [3.05, 3.63) is 29.1 Å². The number of amides is 1. The van der Waals surface area contributed by atoms with Crippen LogP contribution in [0.4, 0.5) is 4.79 Å². The Balaban J connectivity index is 1.94. The van der Waals surface area contributed by atoms with Crippen molar-refractivity contribution in [3.8, 4) is 0 Å². The van der Waals surface area contributed by atoms with E-state index in [-0.39, 0.29) is 0 Å². The van der Waals surface area contributed by atoms with Crippen molar-refractivity contribution in [2.45, 2.75) is 25.4 Å². The Morgan fingerprint density at radius 2 is 2.16 bits per heavy atom. The number of carboxylic acid groups (broad SMARTS) is 1. The van der Waals surface area contributed by atoms with Gasteiger partial charge in [0, 0.05) is 37.7 Å². The van der Waals surface area contributed by atoms with Gasteiger partial charge in [0.1, 0.15) is 5.60 Å². The molecule has 0 atom stereocenters. The first-order valence-electron chi connectivity index (χ1n) is 6.20. The zero-order valence-electron chi connectivity index (χ0n) is 10.5. The molecular formula is C13H14N2O4. The van der Waals surface area contributed by atoms with E-state index in [1.165, 1.54) is 4.90 Å². The molecule has 3 heterocycles. The molecule has 1 N–H and O–H groups in total. The van der Waals surface area contributed by atoms with E-state index in [0.29, 0.717) is 31.6 Å². The lowest BCUT2D eigenvalue weighted by Gasteiger charge is -2.37. The van der Waals surface area contributed by atoms with Crippen LogP contribution < -0.4 is 0 Å². The Kier molecular flexibility index (Phi) is 2.48. The highest BCUT2D eigenvalue weighted by Gasteiger charge is 2.48. The molecular weight excluding hydrogens is 248 g/mol. The molecule has 0 bridgehead atoms. The van der Waals surface area contributed by atoms with Gasteiger partial charge < -0.3 is 14.7 Å². The van der Waals surface area contributed by atoms with E-state index in [2.05, 4.69) is 4.98 Å². The minimum absolute atomic E-state index is 0.370. The van der Waals surface area contributed by atoms with Gasteiger partial charge in [-0.15, -0.1) is 0 Å². The Labute approximate surface area is 110 Å². The van der Waals surface area contributed by atoms with Gasteiger partial charge in [-0.05, 0) is 18.6 Å². The summed E-state index contributed by atoms with van der Waals surface area (Å²) in [6, 6.07) is 1.92. The maximum Gasteiger partial charge on any atom is 0.407 e. The maximum atomic E-state index is 11.9. The normalized spacial score (nSPS) is 20.3. The van der Waals surface area contributed by atoms with E-state index in [1.54, 1.807) is 6.20 Å².